The van der Waals surface area contributed by atoms with E-state index < -0.39 is 0 Å². The van der Waals surface area contributed by atoms with Crippen LogP contribution in [0.25, 0.3) is 0 Å². The number of aryl methyl sites for hydroxylation is 2. The predicted octanol–water partition coefficient (Wildman–Crippen LogP) is 3.45. The van der Waals surface area contributed by atoms with E-state index in [4.69, 9.17) is 9.26 Å². The minimum atomic E-state index is -0.0735. The third kappa shape index (κ3) is 4.44. The molecule has 1 N–H and O–H groups in total. The van der Waals surface area contributed by atoms with Crippen LogP contribution in [0.5, 0.6) is 5.75 Å². The van der Waals surface area contributed by atoms with Crippen molar-refractivity contribution in [3.8, 4) is 5.75 Å². The number of pyridine rings is 1. The smallest absolute Gasteiger partial charge is 0.228 e. The second kappa shape index (κ2) is 7.61. The van der Waals surface area contributed by atoms with Gasteiger partial charge in [-0.25, -0.2) is 0 Å². The number of ether oxygens (including phenoxy) is 1. The molecule has 0 bridgehead atoms. The molecule has 1 amide bonds. The predicted molar refractivity (Wildman–Crippen MR) is 93.3 cm³/mol. The Morgan fingerprint density at radius 1 is 1.12 bits per heavy atom. The van der Waals surface area contributed by atoms with E-state index in [0.29, 0.717) is 13.0 Å². The van der Waals surface area contributed by atoms with Gasteiger partial charge >= 0.3 is 0 Å². The number of carbonyl (C=O) groups is 1. The maximum absolute atomic E-state index is 12.0. The van der Waals surface area contributed by atoms with Gasteiger partial charge in [-0.15, -0.1) is 0 Å². The first-order chi connectivity index (χ1) is 12.1. The van der Waals surface area contributed by atoms with Crippen LogP contribution in [-0.2, 0) is 17.8 Å². The molecule has 0 unspecified atom stereocenters. The summed E-state index contributed by atoms with van der Waals surface area (Å²) in [4.78, 5) is 16.0. The van der Waals surface area contributed by atoms with Crippen molar-refractivity contribution in [1.29, 1.82) is 0 Å². The maximum Gasteiger partial charge on any atom is 0.228 e. The Balaban J connectivity index is 1.54. The summed E-state index contributed by atoms with van der Waals surface area (Å²) in [5, 5.41) is 6.74. The molecular weight excluding hydrogens is 318 g/mol. The molecule has 1 aromatic carbocycles. The molecule has 128 valence electrons. The molecule has 0 aliphatic rings. The monoisotopic (exact) mass is 337 g/mol. The maximum atomic E-state index is 12.0. The van der Waals surface area contributed by atoms with Crippen molar-refractivity contribution < 1.29 is 14.1 Å². The Morgan fingerprint density at radius 3 is 2.48 bits per heavy atom. The topological polar surface area (TPSA) is 77.2 Å². The fraction of sp³-hybridized carbons (Fsp3) is 0.211. The van der Waals surface area contributed by atoms with E-state index in [2.05, 4.69) is 15.5 Å². The van der Waals surface area contributed by atoms with Gasteiger partial charge in [0.15, 0.2) is 0 Å². The quantitative estimate of drug-likeness (QED) is 0.745. The highest BCUT2D eigenvalue weighted by atomic mass is 16.5. The molecular formula is C19H19N3O3. The lowest BCUT2D eigenvalue weighted by atomic mass is 10.1. The van der Waals surface area contributed by atoms with Gasteiger partial charge < -0.3 is 14.6 Å². The first kappa shape index (κ1) is 16.7. The number of anilines is 1. The lowest BCUT2D eigenvalue weighted by molar-refractivity contribution is -0.115. The Morgan fingerprint density at radius 2 is 1.84 bits per heavy atom. The Kier molecular flexibility index (Phi) is 5.09. The lowest BCUT2D eigenvalue weighted by Crippen LogP contribution is -2.14. The van der Waals surface area contributed by atoms with Crippen molar-refractivity contribution in [3.05, 3.63) is 71.4 Å². The van der Waals surface area contributed by atoms with Crippen LogP contribution in [0.15, 0.2) is 53.3 Å². The highest BCUT2D eigenvalue weighted by molar-refractivity contribution is 5.92. The lowest BCUT2D eigenvalue weighted by Gasteiger charge is -2.08. The van der Waals surface area contributed by atoms with E-state index in [1.807, 2.05) is 38.1 Å². The van der Waals surface area contributed by atoms with Gasteiger partial charge in [0, 0.05) is 18.1 Å². The molecule has 0 aliphatic heterocycles. The normalized spacial score (nSPS) is 10.5. The van der Waals surface area contributed by atoms with E-state index >= 15 is 0 Å². The number of nitrogens with zero attached hydrogens (tertiary/aromatic N) is 2. The molecule has 0 spiro atoms. The number of aromatic nitrogens is 2. The molecule has 0 saturated heterocycles. The van der Waals surface area contributed by atoms with E-state index in [0.717, 1.165) is 34.0 Å². The van der Waals surface area contributed by atoms with Gasteiger partial charge in [-0.2, -0.15) is 0 Å². The van der Waals surface area contributed by atoms with Crippen LogP contribution in [-0.4, -0.2) is 16.0 Å². The van der Waals surface area contributed by atoms with E-state index in [1.165, 1.54) is 0 Å². The molecule has 3 rings (SSSR count). The van der Waals surface area contributed by atoms with Gasteiger partial charge in [0.1, 0.15) is 18.1 Å². The number of benzene rings is 1. The molecule has 2 heterocycles. The van der Waals surface area contributed by atoms with Gasteiger partial charge in [0.2, 0.25) is 5.91 Å². The van der Waals surface area contributed by atoms with Gasteiger partial charge in [0.05, 0.1) is 17.7 Å². The van der Waals surface area contributed by atoms with Gasteiger partial charge in [-0.05, 0) is 43.7 Å². The highest BCUT2D eigenvalue weighted by Crippen LogP contribution is 2.18. The SMILES string of the molecule is Cc1noc(C)c1COc1ccc(CC(=O)Nc2ccncc2)cc1. The van der Waals surface area contributed by atoms with Crippen LogP contribution < -0.4 is 10.1 Å². The third-order valence-corrected chi connectivity index (χ3v) is 3.82. The van der Waals surface area contributed by atoms with E-state index in [-0.39, 0.29) is 5.91 Å². The molecule has 3 aromatic rings. The minimum absolute atomic E-state index is 0.0735. The number of hydrogen-bond donors (Lipinski definition) is 1. The molecule has 0 fully saturated rings. The Bertz CT molecular complexity index is 823. The zero-order valence-electron chi connectivity index (χ0n) is 14.2. The average Bonchev–Trinajstić information content (AvgIpc) is 2.93. The zero-order valence-corrected chi connectivity index (χ0v) is 14.2. The Hall–Kier alpha value is -3.15. The van der Waals surface area contributed by atoms with Crippen LogP contribution in [0.2, 0.25) is 0 Å². The summed E-state index contributed by atoms with van der Waals surface area (Å²) in [6.45, 7) is 4.16. The summed E-state index contributed by atoms with van der Waals surface area (Å²) in [5.74, 6) is 1.43. The fourth-order valence-electron chi connectivity index (χ4n) is 2.39. The van der Waals surface area contributed by atoms with E-state index in [9.17, 15) is 4.79 Å². The van der Waals surface area contributed by atoms with Crippen LogP contribution in [0.1, 0.15) is 22.6 Å². The van der Waals surface area contributed by atoms with E-state index in [1.54, 1.807) is 24.5 Å². The third-order valence-electron chi connectivity index (χ3n) is 3.82. The van der Waals surface area contributed by atoms with Crippen LogP contribution in [0, 0.1) is 13.8 Å². The van der Waals surface area contributed by atoms with Gasteiger partial charge in [0.25, 0.3) is 0 Å². The summed E-state index contributed by atoms with van der Waals surface area (Å²) in [6, 6.07) is 11.0. The number of carbonyl (C=O) groups excluding carboxylic acids is 1. The Labute approximate surface area is 145 Å². The van der Waals surface area contributed by atoms with Crippen LogP contribution in [0.4, 0.5) is 5.69 Å². The first-order valence-electron chi connectivity index (χ1n) is 7.95. The highest BCUT2D eigenvalue weighted by Gasteiger charge is 2.10. The standard InChI is InChI=1S/C19H19N3O3/c1-13-18(14(2)25-22-13)12-24-17-5-3-15(4-6-17)11-19(23)21-16-7-9-20-10-8-16/h3-10H,11-12H2,1-2H3,(H,20,21,23). The molecule has 0 atom stereocenters. The second-order valence-corrected chi connectivity index (χ2v) is 5.70. The molecule has 0 aliphatic carbocycles. The van der Waals surface area contributed by atoms with Crippen molar-refractivity contribution >= 4 is 11.6 Å². The fourth-order valence-corrected chi connectivity index (χ4v) is 2.39. The van der Waals surface area contributed by atoms with Gasteiger partial charge in [-0.1, -0.05) is 17.3 Å². The van der Waals surface area contributed by atoms with Crippen molar-refractivity contribution in [3.63, 3.8) is 0 Å². The van der Waals surface area contributed by atoms with Crippen LogP contribution >= 0.6 is 0 Å². The number of amides is 1. The molecule has 0 saturated carbocycles. The van der Waals surface area contributed by atoms with Crippen molar-refractivity contribution in [2.75, 3.05) is 5.32 Å². The molecule has 0 radical (unpaired) electrons. The summed E-state index contributed by atoms with van der Waals surface area (Å²) in [5.41, 5.74) is 3.44. The first-order valence-corrected chi connectivity index (χ1v) is 7.95. The van der Waals surface area contributed by atoms with Crippen molar-refractivity contribution in [2.24, 2.45) is 0 Å². The largest absolute Gasteiger partial charge is 0.489 e. The number of rotatable bonds is 6. The van der Waals surface area contributed by atoms with Crippen molar-refractivity contribution in [2.45, 2.75) is 26.9 Å². The zero-order chi connectivity index (χ0) is 17.6. The number of hydrogen-bond acceptors (Lipinski definition) is 5. The molecule has 6 nitrogen and oxygen atoms in total. The summed E-state index contributed by atoms with van der Waals surface area (Å²) >= 11 is 0. The molecule has 25 heavy (non-hydrogen) atoms. The van der Waals surface area contributed by atoms with Crippen molar-refractivity contribution in [1.82, 2.24) is 10.1 Å². The minimum Gasteiger partial charge on any atom is -0.489 e. The molecule has 2 aromatic heterocycles. The second-order valence-electron chi connectivity index (χ2n) is 5.70. The summed E-state index contributed by atoms with van der Waals surface area (Å²) < 4.78 is 10.9. The number of nitrogens with one attached hydrogen (secondary N) is 1. The molecule has 6 heteroatoms. The summed E-state index contributed by atoms with van der Waals surface area (Å²) in [6.07, 6.45) is 3.58. The summed E-state index contributed by atoms with van der Waals surface area (Å²) in [7, 11) is 0. The van der Waals surface area contributed by atoms with Crippen LogP contribution in [0.3, 0.4) is 0 Å². The van der Waals surface area contributed by atoms with Gasteiger partial charge in [-0.3, -0.25) is 9.78 Å². The average molecular weight is 337 g/mol.